The van der Waals surface area contributed by atoms with Gasteiger partial charge in [0.2, 0.25) is 0 Å². The number of nitrogens with one attached hydrogen (secondary N) is 2. The highest BCUT2D eigenvalue weighted by Crippen LogP contribution is 2.12. The Morgan fingerprint density at radius 3 is 2.53 bits per heavy atom. The van der Waals surface area contributed by atoms with Crippen LogP contribution in [0.3, 0.4) is 0 Å². The fourth-order valence-corrected chi connectivity index (χ4v) is 1.65. The first-order chi connectivity index (χ1) is 9.11. The van der Waals surface area contributed by atoms with E-state index in [0.717, 1.165) is 16.7 Å². The predicted molar refractivity (Wildman–Crippen MR) is 72.3 cm³/mol. The van der Waals surface area contributed by atoms with Crippen molar-refractivity contribution in [2.75, 3.05) is 0 Å². The SMILES string of the molecule is C/C(=N/NC(=O)NN)c1nc2ccccc2nc1C. The number of nitrogens with zero attached hydrogens (tertiary/aromatic N) is 3. The van der Waals surface area contributed by atoms with Gasteiger partial charge in [-0.1, -0.05) is 12.1 Å². The predicted octanol–water partition coefficient (Wildman–Crippen LogP) is 0.835. The number of urea groups is 1. The minimum atomic E-state index is -0.592. The number of benzene rings is 1. The van der Waals surface area contributed by atoms with Gasteiger partial charge in [-0.2, -0.15) is 5.10 Å². The number of para-hydroxylation sites is 2. The molecule has 7 heteroatoms. The van der Waals surface area contributed by atoms with Crippen LogP contribution in [-0.2, 0) is 0 Å². The summed E-state index contributed by atoms with van der Waals surface area (Å²) in [6.45, 7) is 3.58. The molecule has 7 nitrogen and oxygen atoms in total. The average molecular weight is 258 g/mol. The largest absolute Gasteiger partial charge is 0.349 e. The van der Waals surface area contributed by atoms with Gasteiger partial charge in [0, 0.05) is 0 Å². The van der Waals surface area contributed by atoms with Gasteiger partial charge in [0.25, 0.3) is 0 Å². The summed E-state index contributed by atoms with van der Waals surface area (Å²) < 4.78 is 0. The van der Waals surface area contributed by atoms with Gasteiger partial charge in [-0.3, -0.25) is 5.43 Å². The molecule has 1 aromatic carbocycles. The maximum atomic E-state index is 11.0. The van der Waals surface area contributed by atoms with Crippen molar-refractivity contribution < 1.29 is 4.79 Å². The van der Waals surface area contributed by atoms with Crippen molar-refractivity contribution in [3.8, 4) is 0 Å². The number of fused-ring (bicyclic) bond motifs is 1. The van der Waals surface area contributed by atoms with Crippen molar-refractivity contribution in [2.45, 2.75) is 13.8 Å². The average Bonchev–Trinajstić information content (AvgIpc) is 2.43. The van der Waals surface area contributed by atoms with Gasteiger partial charge in [0.15, 0.2) is 0 Å². The van der Waals surface area contributed by atoms with E-state index in [2.05, 4.69) is 20.5 Å². The molecule has 98 valence electrons. The normalized spacial score (nSPS) is 11.4. The van der Waals surface area contributed by atoms with Crippen LogP contribution in [0, 0.1) is 6.92 Å². The molecule has 4 N–H and O–H groups in total. The highest BCUT2D eigenvalue weighted by Gasteiger charge is 2.08. The molecule has 2 aromatic rings. The Morgan fingerprint density at radius 1 is 1.26 bits per heavy atom. The number of rotatable bonds is 2. The Morgan fingerprint density at radius 2 is 1.89 bits per heavy atom. The standard InChI is InChI=1S/C12H14N6O/c1-7-11(8(2)17-18-12(19)16-13)15-10-6-4-3-5-9(10)14-7/h3-6H,13H2,1-2H3,(H2,16,18,19)/b17-8-. The van der Waals surface area contributed by atoms with Crippen LogP contribution in [0.15, 0.2) is 29.4 Å². The summed E-state index contributed by atoms with van der Waals surface area (Å²) in [6, 6.07) is 6.97. The van der Waals surface area contributed by atoms with Gasteiger partial charge < -0.3 is 0 Å². The van der Waals surface area contributed by atoms with E-state index in [1.807, 2.05) is 36.6 Å². The molecule has 0 fully saturated rings. The zero-order valence-electron chi connectivity index (χ0n) is 10.6. The quantitative estimate of drug-likeness (QED) is 0.321. The molecule has 0 aliphatic rings. The topological polar surface area (TPSA) is 105 Å². The van der Waals surface area contributed by atoms with E-state index < -0.39 is 6.03 Å². The number of hydrazine groups is 1. The number of aromatic nitrogens is 2. The maximum absolute atomic E-state index is 11.0. The van der Waals surface area contributed by atoms with Crippen molar-refractivity contribution in [1.82, 2.24) is 20.8 Å². The Kier molecular flexibility index (Phi) is 3.67. The van der Waals surface area contributed by atoms with Crippen LogP contribution < -0.4 is 16.7 Å². The first kappa shape index (κ1) is 12.9. The lowest BCUT2D eigenvalue weighted by atomic mass is 10.2. The van der Waals surface area contributed by atoms with Crippen LogP contribution >= 0.6 is 0 Å². The Balaban J connectivity index is 2.38. The second kappa shape index (κ2) is 5.40. The first-order valence-corrected chi connectivity index (χ1v) is 5.66. The van der Waals surface area contributed by atoms with Crippen molar-refractivity contribution >= 4 is 22.8 Å². The first-order valence-electron chi connectivity index (χ1n) is 5.66. The molecule has 0 unspecified atom stereocenters. The van der Waals surface area contributed by atoms with E-state index in [1.54, 1.807) is 6.92 Å². The molecule has 2 rings (SSSR count). The van der Waals surface area contributed by atoms with Crippen molar-refractivity contribution in [3.63, 3.8) is 0 Å². The molecule has 19 heavy (non-hydrogen) atoms. The summed E-state index contributed by atoms with van der Waals surface area (Å²) in [4.78, 5) is 19.9. The van der Waals surface area contributed by atoms with Crippen molar-refractivity contribution in [2.24, 2.45) is 10.9 Å². The smallest absolute Gasteiger partial charge is 0.274 e. The van der Waals surface area contributed by atoms with Gasteiger partial charge in [-0.05, 0) is 26.0 Å². The Bertz CT molecular complexity index is 652. The molecule has 1 aromatic heterocycles. The third-order valence-corrected chi connectivity index (χ3v) is 2.54. The minimum absolute atomic E-state index is 0.555. The molecule has 1 heterocycles. The van der Waals surface area contributed by atoms with Crippen LogP contribution in [0.1, 0.15) is 18.3 Å². The van der Waals surface area contributed by atoms with E-state index in [-0.39, 0.29) is 0 Å². The van der Waals surface area contributed by atoms with Gasteiger partial charge in [-0.15, -0.1) is 0 Å². The van der Waals surface area contributed by atoms with Crippen LogP contribution in [0.4, 0.5) is 4.79 Å². The molecule has 0 spiro atoms. The molecular weight excluding hydrogens is 244 g/mol. The van der Waals surface area contributed by atoms with E-state index >= 15 is 0 Å². The van der Waals surface area contributed by atoms with E-state index in [4.69, 9.17) is 5.84 Å². The number of carbonyl (C=O) groups excluding carboxylic acids is 1. The molecule has 0 aliphatic heterocycles. The number of hydrogen-bond donors (Lipinski definition) is 3. The van der Waals surface area contributed by atoms with Crippen LogP contribution in [0.5, 0.6) is 0 Å². The number of hydrazone groups is 1. The van der Waals surface area contributed by atoms with Crippen molar-refractivity contribution in [1.29, 1.82) is 0 Å². The molecule has 0 bridgehead atoms. The molecule has 0 saturated heterocycles. The van der Waals surface area contributed by atoms with Crippen LogP contribution in [0.25, 0.3) is 11.0 Å². The molecule has 0 radical (unpaired) electrons. The second-order valence-electron chi connectivity index (χ2n) is 3.93. The summed E-state index contributed by atoms with van der Waals surface area (Å²) in [5.74, 6) is 4.94. The third kappa shape index (κ3) is 2.83. The van der Waals surface area contributed by atoms with Gasteiger partial charge >= 0.3 is 6.03 Å². The summed E-state index contributed by atoms with van der Waals surface area (Å²) >= 11 is 0. The number of carbonyl (C=O) groups is 1. The fraction of sp³-hybridized carbons (Fsp3) is 0.167. The van der Waals surface area contributed by atoms with Crippen LogP contribution in [-0.4, -0.2) is 21.7 Å². The number of amides is 2. The molecule has 0 atom stereocenters. The monoisotopic (exact) mass is 258 g/mol. The fourth-order valence-electron chi connectivity index (χ4n) is 1.65. The molecule has 0 aliphatic carbocycles. The minimum Gasteiger partial charge on any atom is -0.274 e. The van der Waals surface area contributed by atoms with E-state index in [1.165, 1.54) is 0 Å². The summed E-state index contributed by atoms with van der Waals surface area (Å²) in [6.07, 6.45) is 0. The molecule has 0 saturated carbocycles. The zero-order valence-corrected chi connectivity index (χ0v) is 10.6. The maximum Gasteiger partial charge on any atom is 0.349 e. The number of hydrogen-bond acceptors (Lipinski definition) is 5. The summed E-state index contributed by atoms with van der Waals surface area (Å²) in [5, 5.41) is 3.90. The van der Waals surface area contributed by atoms with Gasteiger partial charge in [0.05, 0.1) is 22.4 Å². The molecule has 2 amide bonds. The molecular formula is C12H14N6O. The number of nitrogens with two attached hydrogens (primary N) is 1. The Labute approximate surface area is 109 Å². The highest BCUT2D eigenvalue weighted by molar-refractivity contribution is 5.99. The third-order valence-electron chi connectivity index (χ3n) is 2.54. The van der Waals surface area contributed by atoms with Gasteiger partial charge in [-0.25, -0.2) is 26.0 Å². The van der Waals surface area contributed by atoms with Crippen molar-refractivity contribution in [3.05, 3.63) is 35.7 Å². The lowest BCUT2D eigenvalue weighted by Crippen LogP contribution is -2.37. The van der Waals surface area contributed by atoms with E-state index in [9.17, 15) is 4.79 Å². The Hall–Kier alpha value is -2.54. The van der Waals surface area contributed by atoms with E-state index in [0.29, 0.717) is 11.4 Å². The number of aryl methyl sites for hydroxylation is 1. The summed E-state index contributed by atoms with van der Waals surface area (Å²) in [7, 11) is 0. The lowest BCUT2D eigenvalue weighted by Gasteiger charge is -2.06. The summed E-state index contributed by atoms with van der Waals surface area (Å²) in [5.41, 5.74) is 7.71. The lowest BCUT2D eigenvalue weighted by molar-refractivity contribution is 0.241. The second-order valence-corrected chi connectivity index (χ2v) is 3.93. The van der Waals surface area contributed by atoms with Gasteiger partial charge in [0.1, 0.15) is 5.69 Å². The zero-order chi connectivity index (χ0) is 13.8. The van der Waals surface area contributed by atoms with Crippen LogP contribution in [0.2, 0.25) is 0 Å². The highest BCUT2D eigenvalue weighted by atomic mass is 16.2.